The molecule has 0 heterocycles. The number of hydrogen-bond donors (Lipinski definition) is 0. The molecule has 0 aliphatic carbocycles. The van der Waals surface area contributed by atoms with Gasteiger partial charge in [-0.1, -0.05) is 17.7 Å². The van der Waals surface area contributed by atoms with Crippen LogP contribution in [0.1, 0.15) is 0 Å². The molecule has 0 aromatic rings. The van der Waals surface area contributed by atoms with E-state index in [0.717, 1.165) is 0 Å². The summed E-state index contributed by atoms with van der Waals surface area (Å²) < 4.78 is 68.7. The summed E-state index contributed by atoms with van der Waals surface area (Å²) >= 11 is 4.60. The van der Waals surface area contributed by atoms with E-state index in [1.54, 1.807) is 0 Å². The summed E-state index contributed by atoms with van der Waals surface area (Å²) in [6.45, 7) is 0. The smallest absolute Gasteiger partial charge is 0.167 e. The fourth-order valence-electron chi connectivity index (χ4n) is 0.336. The molecule has 0 spiro atoms. The molecule has 0 saturated heterocycles. The lowest BCUT2D eigenvalue weighted by Gasteiger charge is -2.02. The zero-order chi connectivity index (χ0) is 10.7. The van der Waals surface area contributed by atoms with Gasteiger partial charge in [-0.05, 0) is 6.08 Å². The minimum atomic E-state index is -4.81. The molecule has 0 rings (SSSR count). The summed E-state index contributed by atoms with van der Waals surface area (Å²) in [6.07, 6.45) is -9.47. The predicted molar refractivity (Wildman–Crippen MR) is 35.2 cm³/mol. The molecule has 0 atom stereocenters. The summed E-state index contributed by atoms with van der Waals surface area (Å²) in [5, 5.41) is -1.60. The van der Waals surface area contributed by atoms with E-state index in [4.69, 9.17) is 0 Å². The molecule has 7 heteroatoms. The first-order valence-corrected chi connectivity index (χ1v) is 3.19. The van der Waals surface area contributed by atoms with Crippen LogP contribution in [0, 0.1) is 0 Å². The van der Waals surface area contributed by atoms with E-state index < -0.39 is 17.4 Å². The van der Waals surface area contributed by atoms with Crippen molar-refractivity contribution in [2.75, 3.05) is 0 Å². The summed E-state index contributed by atoms with van der Waals surface area (Å²) in [6, 6.07) is 0. The highest BCUT2D eigenvalue weighted by molar-refractivity contribution is 6.30. The van der Waals surface area contributed by atoms with Crippen molar-refractivity contribution in [1.29, 1.82) is 0 Å². The summed E-state index contributed by atoms with van der Waals surface area (Å²) in [7, 11) is 0. The average molecular weight is 225 g/mol. The summed E-state index contributed by atoms with van der Waals surface area (Å²) in [5.41, 5.74) is 0. The summed E-state index contributed by atoms with van der Waals surface area (Å²) in [4.78, 5) is 0. The molecule has 0 fully saturated rings. The van der Waals surface area contributed by atoms with Crippen molar-refractivity contribution in [3.8, 4) is 0 Å². The fourth-order valence-corrected chi connectivity index (χ4v) is 0.409. The Bertz CT molecular complexity index is 220. The van der Waals surface area contributed by atoms with Gasteiger partial charge >= 0.3 is 12.4 Å². The first kappa shape index (κ1) is 12.3. The average Bonchev–Trinajstić information content (AvgIpc) is 1.82. The van der Waals surface area contributed by atoms with Gasteiger partial charge in [0, 0.05) is 6.08 Å². The third kappa shape index (κ3) is 6.51. The van der Waals surface area contributed by atoms with Crippen LogP contribution in [0.4, 0.5) is 26.3 Å². The molecule has 0 aromatic carbocycles. The van der Waals surface area contributed by atoms with E-state index in [9.17, 15) is 26.3 Å². The molecule has 0 N–H and O–H groups in total. The van der Waals surface area contributed by atoms with E-state index in [1.165, 1.54) is 0 Å². The van der Waals surface area contributed by atoms with Crippen molar-refractivity contribution < 1.29 is 26.3 Å². The van der Waals surface area contributed by atoms with Crippen molar-refractivity contribution in [3.63, 3.8) is 0 Å². The van der Waals surface area contributed by atoms with Crippen LogP contribution in [0.5, 0.6) is 0 Å². The zero-order valence-corrected chi connectivity index (χ0v) is 6.63. The van der Waals surface area contributed by atoms with E-state index in [-0.39, 0.29) is 18.2 Å². The maximum Gasteiger partial charge on any atom is 0.426 e. The lowest BCUT2D eigenvalue weighted by molar-refractivity contribution is -0.0852. The standard InChI is InChI=1S/C6H3ClF6/c7-4(6(11,12)13)2-1-3-5(8,9)10/h1-3H/b3-1+,4-2-. The Balaban J connectivity index is 4.37. The topological polar surface area (TPSA) is 0 Å². The molecule has 0 amide bonds. The third-order valence-corrected chi connectivity index (χ3v) is 1.14. The maximum absolute atomic E-state index is 11.6. The van der Waals surface area contributed by atoms with Crippen LogP contribution in [0.25, 0.3) is 0 Å². The van der Waals surface area contributed by atoms with Gasteiger partial charge in [0.1, 0.15) is 5.03 Å². The molecular weight excluding hydrogens is 222 g/mol. The summed E-state index contributed by atoms with van der Waals surface area (Å²) in [5.74, 6) is 0. The lowest BCUT2D eigenvalue weighted by Crippen LogP contribution is -2.06. The van der Waals surface area contributed by atoms with Gasteiger partial charge in [-0.15, -0.1) is 0 Å². The van der Waals surface area contributed by atoms with Crippen molar-refractivity contribution in [1.82, 2.24) is 0 Å². The minimum absolute atomic E-state index is 0.134. The molecule has 0 nitrogen and oxygen atoms in total. The molecule has 0 aromatic heterocycles. The van der Waals surface area contributed by atoms with Crippen LogP contribution in [0.3, 0.4) is 0 Å². The Hall–Kier alpha value is -0.650. The fraction of sp³-hybridized carbons (Fsp3) is 0.333. The van der Waals surface area contributed by atoms with Crippen LogP contribution in [-0.4, -0.2) is 12.4 Å². The van der Waals surface area contributed by atoms with Crippen molar-refractivity contribution in [2.45, 2.75) is 12.4 Å². The quantitative estimate of drug-likeness (QED) is 0.470. The number of allylic oxidation sites excluding steroid dienone is 4. The van der Waals surface area contributed by atoms with Gasteiger partial charge in [0.05, 0.1) is 0 Å². The van der Waals surface area contributed by atoms with Gasteiger partial charge in [-0.25, -0.2) is 0 Å². The zero-order valence-electron chi connectivity index (χ0n) is 5.88. The van der Waals surface area contributed by atoms with E-state index in [2.05, 4.69) is 11.6 Å². The second-order valence-electron chi connectivity index (χ2n) is 1.91. The van der Waals surface area contributed by atoms with Gasteiger partial charge < -0.3 is 0 Å². The largest absolute Gasteiger partial charge is 0.426 e. The normalized spacial score (nSPS) is 15.5. The van der Waals surface area contributed by atoms with Crippen LogP contribution < -0.4 is 0 Å². The van der Waals surface area contributed by atoms with Crippen molar-refractivity contribution in [2.24, 2.45) is 0 Å². The Morgan fingerprint density at radius 1 is 1.00 bits per heavy atom. The molecular formula is C6H3ClF6. The van der Waals surface area contributed by atoms with Crippen LogP contribution in [0.2, 0.25) is 0 Å². The lowest BCUT2D eigenvalue weighted by atomic mass is 10.4. The van der Waals surface area contributed by atoms with E-state index in [1.807, 2.05) is 0 Å². The second-order valence-corrected chi connectivity index (χ2v) is 2.32. The van der Waals surface area contributed by atoms with Gasteiger partial charge in [0.15, 0.2) is 0 Å². The SMILES string of the molecule is FC(F)(F)/C=C/C=C(\Cl)C(F)(F)F. The van der Waals surface area contributed by atoms with Crippen molar-refractivity contribution >= 4 is 11.6 Å². The van der Waals surface area contributed by atoms with Gasteiger partial charge in [0.25, 0.3) is 0 Å². The monoisotopic (exact) mass is 224 g/mol. The Morgan fingerprint density at radius 3 is 1.77 bits per heavy atom. The Morgan fingerprint density at radius 2 is 1.46 bits per heavy atom. The first-order chi connectivity index (χ1) is 5.63. The van der Waals surface area contributed by atoms with Crippen LogP contribution in [-0.2, 0) is 0 Å². The number of halogens is 7. The van der Waals surface area contributed by atoms with Crippen LogP contribution >= 0.6 is 11.6 Å². The van der Waals surface area contributed by atoms with Gasteiger partial charge in [-0.2, -0.15) is 26.3 Å². The van der Waals surface area contributed by atoms with Crippen molar-refractivity contribution in [3.05, 3.63) is 23.3 Å². The third-order valence-electron chi connectivity index (χ3n) is 0.799. The first-order valence-electron chi connectivity index (χ1n) is 2.82. The molecule has 13 heavy (non-hydrogen) atoms. The Labute approximate surface area is 74.5 Å². The highest BCUT2D eigenvalue weighted by Gasteiger charge is 2.31. The molecule has 0 saturated carbocycles. The second kappa shape index (κ2) is 4.04. The number of hydrogen-bond acceptors (Lipinski definition) is 0. The number of rotatable bonds is 1. The number of alkyl halides is 6. The molecule has 0 aliphatic heterocycles. The van der Waals surface area contributed by atoms with E-state index in [0.29, 0.717) is 0 Å². The predicted octanol–water partition coefficient (Wildman–Crippen LogP) is 3.79. The van der Waals surface area contributed by atoms with Crippen LogP contribution in [0.15, 0.2) is 23.3 Å². The highest BCUT2D eigenvalue weighted by Crippen LogP contribution is 2.28. The molecule has 0 radical (unpaired) electrons. The Kier molecular flexibility index (Phi) is 3.84. The molecule has 0 unspecified atom stereocenters. The minimum Gasteiger partial charge on any atom is -0.167 e. The molecule has 0 aliphatic rings. The molecule has 76 valence electrons. The highest BCUT2D eigenvalue weighted by atomic mass is 35.5. The van der Waals surface area contributed by atoms with Gasteiger partial charge in [-0.3, -0.25) is 0 Å². The van der Waals surface area contributed by atoms with E-state index >= 15 is 0 Å². The molecule has 0 bridgehead atoms. The van der Waals surface area contributed by atoms with Gasteiger partial charge in [0.2, 0.25) is 0 Å². The maximum atomic E-state index is 11.6.